The number of nitrogens with zero attached hydrogens (tertiary/aromatic N) is 2. The van der Waals surface area contributed by atoms with Crippen molar-refractivity contribution in [2.24, 2.45) is 0 Å². The number of nitrogens with two attached hydrogens (primary N) is 1. The number of benzene rings is 2. The average Bonchev–Trinajstić information content (AvgIpc) is 3.02. The van der Waals surface area contributed by atoms with E-state index < -0.39 is 6.04 Å². The Kier molecular flexibility index (Phi) is 6.77. The Morgan fingerprint density at radius 2 is 1.83 bits per heavy atom. The maximum absolute atomic E-state index is 12.2. The first-order valence-electron chi connectivity index (χ1n) is 9.56. The molecule has 30 heavy (non-hydrogen) atoms. The zero-order valence-electron chi connectivity index (χ0n) is 16.9. The van der Waals surface area contributed by atoms with Crippen LogP contribution in [0.4, 0.5) is 5.69 Å². The quantitative estimate of drug-likeness (QED) is 0.431. The highest BCUT2D eigenvalue weighted by Gasteiger charge is 2.15. The Hall–Kier alpha value is -2.87. The fourth-order valence-electron chi connectivity index (χ4n) is 3.23. The molecule has 0 saturated heterocycles. The number of nitrogens with one attached hydrogen (secondary N) is 1. The second-order valence-corrected chi connectivity index (χ2v) is 7.58. The Bertz CT molecular complexity index is 1040. The van der Waals surface area contributed by atoms with E-state index in [2.05, 4.69) is 10.4 Å². The first kappa shape index (κ1) is 21.8. The summed E-state index contributed by atoms with van der Waals surface area (Å²) < 4.78 is 1.85. The molecule has 1 amide bonds. The molecule has 3 rings (SSSR count). The van der Waals surface area contributed by atoms with E-state index in [-0.39, 0.29) is 19.1 Å². The van der Waals surface area contributed by atoms with Crippen LogP contribution in [0.1, 0.15) is 32.9 Å². The van der Waals surface area contributed by atoms with Crippen molar-refractivity contribution in [2.45, 2.75) is 26.3 Å². The van der Waals surface area contributed by atoms with Gasteiger partial charge in [0.05, 0.1) is 41.3 Å². The Labute approximate surface area is 180 Å². The van der Waals surface area contributed by atoms with Crippen LogP contribution in [0.25, 0.3) is 5.69 Å². The van der Waals surface area contributed by atoms with Crippen molar-refractivity contribution in [3.05, 3.63) is 75.6 Å². The van der Waals surface area contributed by atoms with Gasteiger partial charge >= 0.3 is 0 Å². The predicted octanol–water partition coefficient (Wildman–Crippen LogP) is 2.40. The minimum Gasteiger partial charge on any atom is -0.398 e. The van der Waals surface area contributed by atoms with Gasteiger partial charge in [-0.3, -0.25) is 4.79 Å². The monoisotopic (exact) mass is 428 g/mol. The van der Waals surface area contributed by atoms with Gasteiger partial charge in [-0.25, -0.2) is 4.68 Å². The Morgan fingerprint density at radius 3 is 2.43 bits per heavy atom. The number of halogens is 1. The zero-order chi connectivity index (χ0) is 21.8. The lowest BCUT2D eigenvalue weighted by Crippen LogP contribution is -2.40. The molecule has 3 aromatic rings. The van der Waals surface area contributed by atoms with Gasteiger partial charge in [0, 0.05) is 23.2 Å². The number of hydrogen-bond acceptors (Lipinski definition) is 5. The van der Waals surface area contributed by atoms with Gasteiger partial charge in [-0.2, -0.15) is 5.10 Å². The standard InChI is InChI=1S/C22H25ClN4O3/c1-13-19(14(2)27(26-13)18-7-8-21(24)20(23)10-18)9-15-3-5-16(6-4-15)22(30)25-17(11-28)12-29/h3-8,10,17,28-29H,9,11-12,24H2,1-2H3,(H,25,30). The van der Waals surface area contributed by atoms with Crippen molar-refractivity contribution in [3.63, 3.8) is 0 Å². The summed E-state index contributed by atoms with van der Waals surface area (Å²) >= 11 is 6.16. The van der Waals surface area contributed by atoms with E-state index in [9.17, 15) is 4.79 Å². The van der Waals surface area contributed by atoms with Gasteiger partial charge in [0.1, 0.15) is 0 Å². The van der Waals surface area contributed by atoms with E-state index in [4.69, 9.17) is 27.5 Å². The highest BCUT2D eigenvalue weighted by atomic mass is 35.5. The van der Waals surface area contributed by atoms with Crippen molar-refractivity contribution in [2.75, 3.05) is 18.9 Å². The lowest BCUT2D eigenvalue weighted by molar-refractivity contribution is 0.0879. The molecule has 1 aromatic heterocycles. The maximum atomic E-state index is 12.2. The van der Waals surface area contributed by atoms with Crippen LogP contribution in [-0.4, -0.2) is 45.2 Å². The van der Waals surface area contributed by atoms with Gasteiger partial charge in [0.15, 0.2) is 0 Å². The summed E-state index contributed by atoms with van der Waals surface area (Å²) in [5, 5.41) is 25.9. The molecule has 0 saturated carbocycles. The molecular formula is C22H25ClN4O3. The normalized spacial score (nSPS) is 11.1. The van der Waals surface area contributed by atoms with Crippen molar-refractivity contribution in [1.82, 2.24) is 15.1 Å². The number of aryl methyl sites for hydroxylation is 1. The molecule has 5 N–H and O–H groups in total. The second kappa shape index (κ2) is 9.30. The van der Waals surface area contributed by atoms with Crippen LogP contribution in [0.2, 0.25) is 5.02 Å². The molecule has 0 spiro atoms. The largest absolute Gasteiger partial charge is 0.398 e. The first-order chi connectivity index (χ1) is 14.3. The van der Waals surface area contributed by atoms with Crippen LogP contribution < -0.4 is 11.1 Å². The Balaban J connectivity index is 1.79. The van der Waals surface area contributed by atoms with Gasteiger partial charge in [-0.15, -0.1) is 0 Å². The molecule has 2 aromatic carbocycles. The van der Waals surface area contributed by atoms with Gasteiger partial charge in [0.25, 0.3) is 5.91 Å². The van der Waals surface area contributed by atoms with Crippen LogP contribution in [0, 0.1) is 13.8 Å². The van der Waals surface area contributed by atoms with Gasteiger partial charge in [-0.1, -0.05) is 23.7 Å². The number of aromatic nitrogens is 2. The number of carbonyl (C=O) groups excluding carboxylic acids is 1. The van der Waals surface area contributed by atoms with E-state index in [0.29, 0.717) is 22.7 Å². The van der Waals surface area contributed by atoms with Crippen LogP contribution in [0.5, 0.6) is 0 Å². The fraction of sp³-hybridized carbons (Fsp3) is 0.273. The van der Waals surface area contributed by atoms with E-state index in [1.54, 1.807) is 24.3 Å². The number of carbonyl (C=O) groups is 1. The molecule has 0 aliphatic rings. The number of hydrogen-bond donors (Lipinski definition) is 4. The van der Waals surface area contributed by atoms with E-state index in [1.807, 2.05) is 36.7 Å². The van der Waals surface area contributed by atoms with Crippen molar-refractivity contribution in [3.8, 4) is 5.69 Å². The molecule has 0 radical (unpaired) electrons. The molecule has 8 heteroatoms. The number of aliphatic hydroxyl groups is 2. The zero-order valence-corrected chi connectivity index (χ0v) is 17.6. The van der Waals surface area contributed by atoms with Crippen LogP contribution in [0.15, 0.2) is 42.5 Å². The third-order valence-electron chi connectivity index (χ3n) is 5.04. The van der Waals surface area contributed by atoms with Crippen molar-refractivity contribution >= 4 is 23.2 Å². The highest BCUT2D eigenvalue weighted by molar-refractivity contribution is 6.33. The van der Waals surface area contributed by atoms with Crippen LogP contribution in [-0.2, 0) is 6.42 Å². The molecule has 0 atom stereocenters. The predicted molar refractivity (Wildman–Crippen MR) is 117 cm³/mol. The summed E-state index contributed by atoms with van der Waals surface area (Å²) in [6, 6.07) is 12.0. The molecular weight excluding hydrogens is 404 g/mol. The van der Waals surface area contributed by atoms with E-state index in [0.717, 1.165) is 28.2 Å². The minimum absolute atomic E-state index is 0.317. The summed E-state index contributed by atoms with van der Waals surface area (Å²) in [5.74, 6) is -0.338. The molecule has 0 aliphatic heterocycles. The Morgan fingerprint density at radius 1 is 1.17 bits per heavy atom. The summed E-state index contributed by atoms with van der Waals surface area (Å²) in [4.78, 5) is 12.2. The fourth-order valence-corrected chi connectivity index (χ4v) is 3.40. The third kappa shape index (κ3) is 4.64. The average molecular weight is 429 g/mol. The van der Waals surface area contributed by atoms with Crippen molar-refractivity contribution < 1.29 is 15.0 Å². The first-order valence-corrected chi connectivity index (χ1v) is 9.93. The molecule has 0 unspecified atom stereocenters. The molecule has 7 nitrogen and oxygen atoms in total. The van der Waals surface area contributed by atoms with Crippen molar-refractivity contribution in [1.29, 1.82) is 0 Å². The number of anilines is 1. The summed E-state index contributed by atoms with van der Waals surface area (Å²) in [5.41, 5.74) is 11.7. The smallest absolute Gasteiger partial charge is 0.251 e. The van der Waals surface area contributed by atoms with Gasteiger partial charge in [-0.05, 0) is 49.7 Å². The minimum atomic E-state index is -0.671. The summed E-state index contributed by atoms with van der Waals surface area (Å²) in [6.45, 7) is 3.33. The molecule has 0 fully saturated rings. The number of amides is 1. The van der Waals surface area contributed by atoms with Gasteiger partial charge < -0.3 is 21.3 Å². The topological polar surface area (TPSA) is 113 Å². The lowest BCUT2D eigenvalue weighted by atomic mass is 10.0. The van der Waals surface area contributed by atoms with Gasteiger partial charge in [0.2, 0.25) is 0 Å². The third-order valence-corrected chi connectivity index (χ3v) is 5.37. The second-order valence-electron chi connectivity index (χ2n) is 7.18. The molecule has 158 valence electrons. The van der Waals surface area contributed by atoms with Crippen LogP contribution in [0.3, 0.4) is 0 Å². The number of aliphatic hydroxyl groups excluding tert-OH is 2. The lowest BCUT2D eigenvalue weighted by Gasteiger charge is -2.13. The van der Waals surface area contributed by atoms with Crippen LogP contribution >= 0.6 is 11.6 Å². The molecule has 1 heterocycles. The molecule has 0 aliphatic carbocycles. The van der Waals surface area contributed by atoms with E-state index in [1.165, 1.54) is 0 Å². The number of nitrogen functional groups attached to an aromatic ring is 1. The van der Waals surface area contributed by atoms with E-state index >= 15 is 0 Å². The SMILES string of the molecule is Cc1nn(-c2ccc(N)c(Cl)c2)c(C)c1Cc1ccc(C(=O)NC(CO)CO)cc1. The maximum Gasteiger partial charge on any atom is 0.251 e. The number of rotatable bonds is 7. The summed E-state index contributed by atoms with van der Waals surface area (Å²) in [7, 11) is 0. The summed E-state index contributed by atoms with van der Waals surface area (Å²) in [6.07, 6.45) is 0.665. The molecule has 0 bridgehead atoms. The highest BCUT2D eigenvalue weighted by Crippen LogP contribution is 2.25.